The number of hydrogen-bond donors (Lipinski definition) is 3. The van der Waals surface area contributed by atoms with E-state index in [2.05, 4.69) is 15.0 Å². The maximum Gasteiger partial charge on any atom is 0.407 e. The van der Waals surface area contributed by atoms with Gasteiger partial charge < -0.3 is 44.6 Å². The van der Waals surface area contributed by atoms with Gasteiger partial charge in [-0.3, -0.25) is 9.59 Å². The minimum atomic E-state index is -3.05. The third-order valence-electron chi connectivity index (χ3n) is 7.98. The van der Waals surface area contributed by atoms with Gasteiger partial charge in [0.05, 0.1) is 31.9 Å². The quantitative estimate of drug-likeness (QED) is 0.359. The summed E-state index contributed by atoms with van der Waals surface area (Å²) in [7, 11) is 1.22. The number of piperidine rings is 1. The van der Waals surface area contributed by atoms with Gasteiger partial charge in [0.25, 0.3) is 5.91 Å². The van der Waals surface area contributed by atoms with Crippen LogP contribution in [-0.2, 0) is 9.53 Å². The Labute approximate surface area is 252 Å². The van der Waals surface area contributed by atoms with E-state index in [4.69, 9.17) is 19.6 Å². The number of aliphatic hydroxyl groups is 1. The lowest BCUT2D eigenvalue weighted by molar-refractivity contribution is -0.137. The average molecular weight is 622 g/mol. The van der Waals surface area contributed by atoms with Gasteiger partial charge in [-0.05, 0) is 63.1 Å². The van der Waals surface area contributed by atoms with Crippen molar-refractivity contribution >= 4 is 17.9 Å². The zero-order valence-electron chi connectivity index (χ0n) is 24.5. The molecule has 3 aliphatic rings. The summed E-state index contributed by atoms with van der Waals surface area (Å²) in [5.41, 5.74) is 6.39. The summed E-state index contributed by atoms with van der Waals surface area (Å²) in [4.78, 5) is 47.0. The highest BCUT2D eigenvalue weighted by atomic mass is 19.3. The molecule has 0 unspecified atom stereocenters. The molecule has 1 aromatic heterocycles. The molecule has 44 heavy (non-hydrogen) atoms. The molecule has 4 N–H and O–H groups in total. The number of amides is 3. The number of benzene rings is 1. The van der Waals surface area contributed by atoms with E-state index >= 15 is 0 Å². The maximum atomic E-state index is 14.1. The second-order valence-electron chi connectivity index (χ2n) is 11.4. The number of nitrogens with two attached hydrogens (primary N) is 1. The van der Waals surface area contributed by atoms with Crippen LogP contribution in [0.15, 0.2) is 22.6 Å². The van der Waals surface area contributed by atoms with Gasteiger partial charge in [0.2, 0.25) is 11.8 Å². The normalized spacial score (nSPS) is 21.3. The SMILES string of the molecule is COC(=O)N[C@@H]1C[C@@H](C(=O)N2CCC(O)CC2)N(C(=O)c2nc(-c3ccc(OC(F)F)c(OCC4CC4)c3)oc2[C@H](C)N)C1. The van der Waals surface area contributed by atoms with E-state index in [1.807, 2.05) is 0 Å². The fraction of sp³-hybridized carbons (Fsp3) is 0.586. The lowest BCUT2D eigenvalue weighted by Crippen LogP contribution is -2.50. The zero-order chi connectivity index (χ0) is 31.5. The number of ether oxygens (including phenoxy) is 3. The van der Waals surface area contributed by atoms with E-state index in [1.54, 1.807) is 11.8 Å². The fourth-order valence-electron chi connectivity index (χ4n) is 5.41. The van der Waals surface area contributed by atoms with Crippen LogP contribution in [-0.4, -0.2) is 95.9 Å². The minimum Gasteiger partial charge on any atom is -0.489 e. The van der Waals surface area contributed by atoms with E-state index in [1.165, 1.54) is 30.2 Å². The van der Waals surface area contributed by atoms with Gasteiger partial charge in [0, 0.05) is 25.2 Å². The summed E-state index contributed by atoms with van der Waals surface area (Å²) in [5, 5.41) is 12.6. The smallest absolute Gasteiger partial charge is 0.407 e. The first kappa shape index (κ1) is 31.4. The van der Waals surface area contributed by atoms with Crippen LogP contribution >= 0.6 is 0 Å². The third-order valence-corrected chi connectivity index (χ3v) is 7.98. The number of carbonyl (C=O) groups excluding carboxylic acids is 3. The number of halogens is 2. The number of rotatable bonds is 10. The standard InChI is InChI=1S/C29H37F2N5O8/c1-15(32)24-23(34-25(44-24)17-5-6-21(43-28(30)31)22(11-17)42-14-16-3-4-16)27(39)36-13-18(33-29(40)41-2)12-20(36)26(38)35-9-7-19(37)8-10-35/h5-6,11,15-16,18-20,28,37H,3-4,7-10,12-14,32H2,1-2H3,(H,33,40)/t15-,18+,20-/m0/s1. The molecule has 2 aromatic rings. The van der Waals surface area contributed by atoms with Crippen molar-refractivity contribution in [1.29, 1.82) is 0 Å². The number of nitrogens with one attached hydrogen (secondary N) is 1. The molecule has 0 spiro atoms. The van der Waals surface area contributed by atoms with Crippen LogP contribution in [0, 0.1) is 5.92 Å². The Morgan fingerprint density at radius 3 is 2.55 bits per heavy atom. The van der Waals surface area contributed by atoms with Gasteiger partial charge in [-0.15, -0.1) is 0 Å². The molecule has 3 atom stereocenters. The number of carbonyl (C=O) groups is 3. The van der Waals surface area contributed by atoms with Crippen molar-refractivity contribution in [3.63, 3.8) is 0 Å². The lowest BCUT2D eigenvalue weighted by Gasteiger charge is -2.33. The number of alkyl halides is 2. The minimum absolute atomic E-state index is 0.000208. The molecule has 1 aromatic carbocycles. The molecule has 0 radical (unpaired) electrons. The molecule has 0 bridgehead atoms. The summed E-state index contributed by atoms with van der Waals surface area (Å²) in [6, 6.07) is 1.95. The Bertz CT molecular complexity index is 1360. The van der Waals surface area contributed by atoms with E-state index in [9.17, 15) is 28.3 Å². The number of oxazole rings is 1. The molecule has 2 aliphatic heterocycles. The number of likely N-dealkylation sites (tertiary alicyclic amines) is 2. The second kappa shape index (κ2) is 13.3. The van der Waals surface area contributed by atoms with E-state index in [-0.39, 0.29) is 47.7 Å². The maximum absolute atomic E-state index is 14.1. The predicted octanol–water partition coefficient (Wildman–Crippen LogP) is 2.67. The number of aliphatic hydroxyl groups excluding tert-OH is 1. The lowest BCUT2D eigenvalue weighted by atomic mass is 10.1. The first-order valence-corrected chi connectivity index (χ1v) is 14.6. The Morgan fingerprint density at radius 2 is 1.91 bits per heavy atom. The van der Waals surface area contributed by atoms with E-state index in [0.29, 0.717) is 44.0 Å². The van der Waals surface area contributed by atoms with Crippen molar-refractivity contribution in [2.24, 2.45) is 11.7 Å². The molecular weight excluding hydrogens is 584 g/mol. The number of aromatic nitrogens is 1. The van der Waals surface area contributed by atoms with Gasteiger partial charge in [-0.1, -0.05) is 0 Å². The highest BCUT2D eigenvalue weighted by molar-refractivity contribution is 5.98. The molecule has 1 aliphatic carbocycles. The Balaban J connectivity index is 1.44. The van der Waals surface area contributed by atoms with Crippen LogP contribution < -0.4 is 20.5 Å². The highest BCUT2D eigenvalue weighted by Crippen LogP contribution is 2.37. The van der Waals surface area contributed by atoms with E-state index < -0.39 is 42.8 Å². The van der Waals surface area contributed by atoms with Crippen molar-refractivity contribution in [3.8, 4) is 23.0 Å². The fourth-order valence-corrected chi connectivity index (χ4v) is 5.41. The number of alkyl carbamates (subject to hydrolysis) is 1. The molecule has 2 saturated heterocycles. The first-order valence-electron chi connectivity index (χ1n) is 14.6. The van der Waals surface area contributed by atoms with Crippen LogP contribution in [0.2, 0.25) is 0 Å². The number of hydrogen-bond acceptors (Lipinski definition) is 10. The van der Waals surface area contributed by atoms with E-state index in [0.717, 1.165) is 12.8 Å². The molecule has 15 heteroatoms. The summed E-state index contributed by atoms with van der Waals surface area (Å²) in [6.07, 6.45) is 1.77. The average Bonchev–Trinajstić information content (AvgIpc) is 3.56. The predicted molar refractivity (Wildman–Crippen MR) is 150 cm³/mol. The molecule has 3 fully saturated rings. The Hall–Kier alpha value is -3.98. The number of nitrogens with zero attached hydrogens (tertiary/aromatic N) is 3. The van der Waals surface area contributed by atoms with Crippen LogP contribution in [0.5, 0.6) is 11.5 Å². The molecular formula is C29H37F2N5O8. The van der Waals surface area contributed by atoms with Crippen molar-refractivity contribution in [2.75, 3.05) is 33.4 Å². The summed E-state index contributed by atoms with van der Waals surface area (Å²) in [5.74, 6) is -0.592. The largest absolute Gasteiger partial charge is 0.489 e. The highest BCUT2D eigenvalue weighted by Gasteiger charge is 2.44. The van der Waals surface area contributed by atoms with Gasteiger partial charge in [0.1, 0.15) is 6.04 Å². The van der Waals surface area contributed by atoms with Gasteiger partial charge in [0.15, 0.2) is 23.0 Å². The zero-order valence-corrected chi connectivity index (χ0v) is 24.5. The second-order valence-corrected chi connectivity index (χ2v) is 11.4. The summed E-state index contributed by atoms with van der Waals surface area (Å²) >= 11 is 0. The van der Waals surface area contributed by atoms with Crippen molar-refractivity contribution < 1.29 is 46.9 Å². The monoisotopic (exact) mass is 621 g/mol. The van der Waals surface area contributed by atoms with Gasteiger partial charge in [-0.2, -0.15) is 8.78 Å². The summed E-state index contributed by atoms with van der Waals surface area (Å²) in [6.45, 7) is -0.432. The van der Waals surface area contributed by atoms with Crippen LogP contribution in [0.25, 0.3) is 11.5 Å². The third kappa shape index (κ3) is 7.21. The molecule has 240 valence electrons. The van der Waals surface area contributed by atoms with Crippen LogP contribution in [0.1, 0.15) is 61.3 Å². The molecule has 3 heterocycles. The van der Waals surface area contributed by atoms with Gasteiger partial charge in [-0.25, -0.2) is 9.78 Å². The van der Waals surface area contributed by atoms with Crippen LogP contribution in [0.3, 0.4) is 0 Å². The first-order chi connectivity index (χ1) is 21.0. The molecule has 3 amide bonds. The number of methoxy groups -OCH3 is 1. The topological polar surface area (TPSA) is 170 Å². The Kier molecular flexibility index (Phi) is 9.53. The van der Waals surface area contributed by atoms with Crippen LogP contribution in [0.4, 0.5) is 13.6 Å². The van der Waals surface area contributed by atoms with Crippen molar-refractivity contribution in [2.45, 2.75) is 69.9 Å². The van der Waals surface area contributed by atoms with Crippen molar-refractivity contribution in [3.05, 3.63) is 29.7 Å². The molecule has 5 rings (SSSR count). The van der Waals surface area contributed by atoms with Gasteiger partial charge >= 0.3 is 12.7 Å². The summed E-state index contributed by atoms with van der Waals surface area (Å²) < 4.78 is 47.1. The molecule has 13 nitrogen and oxygen atoms in total. The van der Waals surface area contributed by atoms with Crippen molar-refractivity contribution in [1.82, 2.24) is 20.1 Å². The Morgan fingerprint density at radius 1 is 1.18 bits per heavy atom. The molecule has 1 saturated carbocycles.